The van der Waals surface area contributed by atoms with Gasteiger partial charge in [-0.2, -0.15) is 0 Å². The topological polar surface area (TPSA) is 72.5 Å². The van der Waals surface area contributed by atoms with Gasteiger partial charge < -0.3 is 10.1 Å². The summed E-state index contributed by atoms with van der Waals surface area (Å²) in [6.07, 6.45) is 0.596. The molecular weight excluding hydrogens is 344 g/mol. The number of carbonyl (C=O) groups is 1. The minimum absolute atomic E-state index is 0.174. The van der Waals surface area contributed by atoms with Crippen LogP contribution in [-0.2, 0) is 13.8 Å². The zero-order valence-electron chi connectivity index (χ0n) is 11.3. The highest BCUT2D eigenvalue weighted by Gasteiger charge is 2.22. The molecule has 1 aromatic carbocycles. The van der Waals surface area contributed by atoms with Crippen LogP contribution in [0.25, 0.3) is 0 Å². The number of benzene rings is 1. The van der Waals surface area contributed by atoms with E-state index in [1.807, 2.05) is 6.92 Å². The van der Waals surface area contributed by atoms with Crippen molar-refractivity contribution in [2.75, 3.05) is 13.7 Å². The molecule has 0 saturated heterocycles. The Morgan fingerprint density at radius 1 is 1.48 bits per heavy atom. The van der Waals surface area contributed by atoms with Crippen LogP contribution >= 0.6 is 22.3 Å². The maximum Gasteiger partial charge on any atom is 0.264 e. The molecule has 0 saturated carbocycles. The fraction of sp³-hybridized carbons (Fsp3) is 0.417. The number of methoxy groups -OCH3 is 1. The van der Waals surface area contributed by atoms with Crippen LogP contribution in [0.2, 0.25) is 5.02 Å². The van der Waals surface area contributed by atoms with Crippen LogP contribution in [0.4, 0.5) is 4.39 Å². The van der Waals surface area contributed by atoms with Gasteiger partial charge in [-0.1, -0.05) is 18.5 Å². The molecule has 0 aromatic heterocycles. The normalized spacial score (nSPS) is 13.0. The zero-order valence-corrected chi connectivity index (χ0v) is 13.6. The van der Waals surface area contributed by atoms with E-state index in [9.17, 15) is 17.6 Å². The number of nitrogens with one attached hydrogen (secondary N) is 1. The molecule has 0 fully saturated rings. The fourth-order valence-electron chi connectivity index (χ4n) is 1.62. The highest BCUT2D eigenvalue weighted by atomic mass is 35.7. The van der Waals surface area contributed by atoms with Gasteiger partial charge in [-0.25, -0.2) is 12.8 Å². The average molecular weight is 358 g/mol. The molecule has 0 aliphatic carbocycles. The van der Waals surface area contributed by atoms with Gasteiger partial charge in [-0.15, -0.1) is 0 Å². The molecule has 0 aliphatic heterocycles. The second-order valence-corrected chi connectivity index (χ2v) is 7.18. The van der Waals surface area contributed by atoms with Crippen molar-refractivity contribution in [2.24, 2.45) is 0 Å². The average Bonchev–Trinajstić information content (AvgIpc) is 2.36. The van der Waals surface area contributed by atoms with E-state index in [0.29, 0.717) is 6.42 Å². The van der Waals surface area contributed by atoms with Crippen molar-refractivity contribution in [2.45, 2.75) is 24.3 Å². The summed E-state index contributed by atoms with van der Waals surface area (Å²) in [5.41, 5.74) is -0.174. The Bertz CT molecular complexity index is 636. The van der Waals surface area contributed by atoms with Gasteiger partial charge in [0.25, 0.3) is 15.0 Å². The number of carbonyl (C=O) groups excluding carboxylic acids is 1. The van der Waals surface area contributed by atoms with Crippen molar-refractivity contribution in [3.8, 4) is 0 Å². The summed E-state index contributed by atoms with van der Waals surface area (Å²) in [5.74, 6) is -1.75. The van der Waals surface area contributed by atoms with E-state index < -0.39 is 25.7 Å². The second-order valence-electron chi connectivity index (χ2n) is 4.23. The molecule has 0 spiro atoms. The minimum Gasteiger partial charge on any atom is -0.383 e. The molecule has 1 amide bonds. The Morgan fingerprint density at radius 2 is 2.10 bits per heavy atom. The number of halogens is 3. The molecule has 0 radical (unpaired) electrons. The third-order valence-corrected chi connectivity index (χ3v) is 4.37. The summed E-state index contributed by atoms with van der Waals surface area (Å²) in [6.45, 7) is 2.12. The summed E-state index contributed by atoms with van der Waals surface area (Å²) in [5, 5.41) is 2.41. The summed E-state index contributed by atoms with van der Waals surface area (Å²) >= 11 is 5.78. The van der Waals surface area contributed by atoms with Crippen LogP contribution in [0.15, 0.2) is 17.0 Å². The van der Waals surface area contributed by atoms with Crippen molar-refractivity contribution in [3.63, 3.8) is 0 Å². The Balaban J connectivity index is 3.15. The smallest absolute Gasteiger partial charge is 0.264 e. The monoisotopic (exact) mass is 357 g/mol. The summed E-state index contributed by atoms with van der Waals surface area (Å²) in [4.78, 5) is 11.3. The lowest BCUT2D eigenvalue weighted by Gasteiger charge is -2.16. The number of hydrogen-bond acceptors (Lipinski definition) is 4. The van der Waals surface area contributed by atoms with Crippen molar-refractivity contribution in [1.29, 1.82) is 0 Å². The number of hydrogen-bond donors (Lipinski definition) is 1. The molecule has 118 valence electrons. The van der Waals surface area contributed by atoms with E-state index in [-0.39, 0.29) is 23.2 Å². The van der Waals surface area contributed by atoms with Crippen LogP contribution in [0.3, 0.4) is 0 Å². The lowest BCUT2D eigenvalue weighted by molar-refractivity contribution is 0.0894. The van der Waals surface area contributed by atoms with Crippen LogP contribution in [-0.4, -0.2) is 34.1 Å². The number of amides is 1. The molecule has 21 heavy (non-hydrogen) atoms. The van der Waals surface area contributed by atoms with Crippen molar-refractivity contribution in [3.05, 3.63) is 28.5 Å². The lowest BCUT2D eigenvalue weighted by atomic mass is 10.1. The molecule has 5 nitrogen and oxygen atoms in total. The molecule has 9 heteroatoms. The summed E-state index contributed by atoms with van der Waals surface area (Å²) < 4.78 is 41.0. The molecule has 0 bridgehead atoms. The van der Waals surface area contributed by atoms with Crippen LogP contribution < -0.4 is 5.32 Å². The van der Waals surface area contributed by atoms with E-state index >= 15 is 0 Å². The first-order valence-corrected chi connectivity index (χ1v) is 8.63. The van der Waals surface area contributed by atoms with Gasteiger partial charge in [0.15, 0.2) is 0 Å². The first-order valence-electron chi connectivity index (χ1n) is 5.94. The van der Waals surface area contributed by atoms with Gasteiger partial charge in [0.2, 0.25) is 0 Å². The largest absolute Gasteiger partial charge is 0.383 e. The van der Waals surface area contributed by atoms with E-state index in [4.69, 9.17) is 27.0 Å². The van der Waals surface area contributed by atoms with Crippen LogP contribution in [0.1, 0.15) is 23.7 Å². The number of rotatable bonds is 6. The predicted molar refractivity (Wildman–Crippen MR) is 77.9 cm³/mol. The summed E-state index contributed by atoms with van der Waals surface area (Å²) in [6, 6.07) is 1.28. The van der Waals surface area contributed by atoms with Gasteiger partial charge in [0.1, 0.15) is 10.7 Å². The van der Waals surface area contributed by atoms with E-state index in [1.54, 1.807) is 0 Å². The molecule has 1 aromatic rings. The molecule has 1 N–H and O–H groups in total. The predicted octanol–water partition coefficient (Wildman–Crippen LogP) is 2.56. The van der Waals surface area contributed by atoms with Crippen molar-refractivity contribution >= 4 is 37.2 Å². The van der Waals surface area contributed by atoms with Gasteiger partial charge in [0.05, 0.1) is 23.2 Å². The first-order chi connectivity index (χ1) is 9.70. The van der Waals surface area contributed by atoms with E-state index in [2.05, 4.69) is 5.32 Å². The zero-order chi connectivity index (χ0) is 16.2. The highest BCUT2D eigenvalue weighted by molar-refractivity contribution is 8.13. The standard InChI is InChI=1S/C12H14Cl2FNO4S/c1-3-7(6-20-2)16-12(17)8-4-11(21(14,18)19)10(15)5-9(8)13/h4-5,7H,3,6H2,1-2H3,(H,16,17). The Kier molecular flexibility index (Phi) is 6.40. The Morgan fingerprint density at radius 3 is 2.57 bits per heavy atom. The lowest BCUT2D eigenvalue weighted by Crippen LogP contribution is -2.37. The maximum atomic E-state index is 13.5. The Hall–Kier alpha value is -0.890. The van der Waals surface area contributed by atoms with Gasteiger partial charge >= 0.3 is 0 Å². The molecule has 1 atom stereocenters. The molecular formula is C12H14Cl2FNO4S. The Labute approximate surface area is 131 Å². The van der Waals surface area contributed by atoms with E-state index in [1.165, 1.54) is 7.11 Å². The third-order valence-electron chi connectivity index (χ3n) is 2.72. The fourth-order valence-corrected chi connectivity index (χ4v) is 2.76. The van der Waals surface area contributed by atoms with Crippen molar-refractivity contribution in [1.82, 2.24) is 5.32 Å². The second kappa shape index (κ2) is 7.40. The SMILES string of the molecule is CCC(COC)NC(=O)c1cc(S(=O)(=O)Cl)c(F)cc1Cl. The molecule has 1 rings (SSSR count). The van der Waals surface area contributed by atoms with Crippen LogP contribution in [0.5, 0.6) is 0 Å². The van der Waals surface area contributed by atoms with Crippen molar-refractivity contribution < 1.29 is 22.3 Å². The minimum atomic E-state index is -4.32. The van der Waals surface area contributed by atoms with E-state index in [0.717, 1.165) is 12.1 Å². The molecule has 1 unspecified atom stereocenters. The quantitative estimate of drug-likeness (QED) is 0.794. The van der Waals surface area contributed by atoms with Gasteiger partial charge in [-0.05, 0) is 18.6 Å². The third kappa shape index (κ3) is 4.81. The molecule has 0 heterocycles. The maximum absolute atomic E-state index is 13.5. The van der Waals surface area contributed by atoms with Gasteiger partial charge in [-0.3, -0.25) is 4.79 Å². The highest BCUT2D eigenvalue weighted by Crippen LogP contribution is 2.26. The molecule has 0 aliphatic rings. The van der Waals surface area contributed by atoms with Gasteiger partial charge in [0, 0.05) is 17.8 Å². The van der Waals surface area contributed by atoms with Crippen LogP contribution in [0, 0.1) is 5.82 Å². The first kappa shape index (κ1) is 18.2. The number of ether oxygens (including phenoxy) is 1. The summed E-state index contributed by atoms with van der Waals surface area (Å²) in [7, 11) is 2.28.